The van der Waals surface area contributed by atoms with Gasteiger partial charge in [0.1, 0.15) is 6.61 Å². The smallest absolute Gasteiger partial charge is 0.227 e. The van der Waals surface area contributed by atoms with Crippen LogP contribution in [-0.4, -0.2) is 17.6 Å². The summed E-state index contributed by atoms with van der Waals surface area (Å²) in [5, 5.41) is 12.1. The molecule has 0 spiro atoms. The molecule has 1 fully saturated rings. The molecule has 0 bridgehead atoms. The normalized spacial score (nSPS) is 14.3. The first kappa shape index (κ1) is 12.9. The summed E-state index contributed by atoms with van der Waals surface area (Å²) in [6, 6.07) is 5.13. The molecule has 18 heavy (non-hydrogen) atoms. The number of halogens is 1. The fourth-order valence-electron chi connectivity index (χ4n) is 1.77. The molecule has 1 saturated carbocycles. The zero-order valence-corrected chi connectivity index (χ0v) is 10.6. The molecule has 0 radical (unpaired) electrons. The van der Waals surface area contributed by atoms with Gasteiger partial charge in [-0.15, -0.1) is 0 Å². The first-order valence-corrected chi connectivity index (χ1v) is 6.28. The molecule has 0 unspecified atom stereocenters. The summed E-state index contributed by atoms with van der Waals surface area (Å²) in [4.78, 5) is 11.9. The standard InChI is InChI=1S/C14H14ClNO2/c15-12-6-7-13(11(9-12)5-2-8-17)16-14(18)10-3-1-4-10/h6-7,9-10,17H,1,3-4,8H2,(H,16,18). The van der Waals surface area contributed by atoms with Crippen molar-refractivity contribution < 1.29 is 9.90 Å². The van der Waals surface area contributed by atoms with Gasteiger partial charge in [-0.2, -0.15) is 0 Å². The van der Waals surface area contributed by atoms with Gasteiger partial charge in [-0.05, 0) is 31.0 Å². The number of aliphatic hydroxyl groups is 1. The molecule has 2 rings (SSSR count). The number of aliphatic hydroxyl groups excluding tert-OH is 1. The summed E-state index contributed by atoms with van der Waals surface area (Å²) < 4.78 is 0. The molecule has 1 aliphatic rings. The summed E-state index contributed by atoms with van der Waals surface area (Å²) in [6.07, 6.45) is 3.03. The minimum atomic E-state index is -0.220. The molecular weight excluding hydrogens is 250 g/mol. The summed E-state index contributed by atoms with van der Waals surface area (Å²) in [5.41, 5.74) is 1.28. The van der Waals surface area contributed by atoms with E-state index in [4.69, 9.17) is 16.7 Å². The Hall–Kier alpha value is -1.50. The van der Waals surface area contributed by atoms with Crippen molar-refractivity contribution in [1.82, 2.24) is 0 Å². The van der Waals surface area contributed by atoms with E-state index >= 15 is 0 Å². The van der Waals surface area contributed by atoms with E-state index in [0.717, 1.165) is 19.3 Å². The Morgan fingerprint density at radius 1 is 1.50 bits per heavy atom. The summed E-state index contributed by atoms with van der Waals surface area (Å²) >= 11 is 5.89. The Bertz CT molecular complexity index is 512. The highest BCUT2D eigenvalue weighted by Crippen LogP contribution is 2.28. The van der Waals surface area contributed by atoms with Gasteiger partial charge < -0.3 is 10.4 Å². The van der Waals surface area contributed by atoms with Gasteiger partial charge >= 0.3 is 0 Å². The predicted octanol–water partition coefficient (Wildman–Crippen LogP) is 2.42. The minimum absolute atomic E-state index is 0.0376. The van der Waals surface area contributed by atoms with Crippen molar-refractivity contribution in [2.75, 3.05) is 11.9 Å². The quantitative estimate of drug-likeness (QED) is 0.805. The number of anilines is 1. The van der Waals surface area contributed by atoms with E-state index in [1.807, 2.05) is 0 Å². The maximum Gasteiger partial charge on any atom is 0.227 e. The van der Waals surface area contributed by atoms with Crippen LogP contribution in [0.5, 0.6) is 0 Å². The zero-order chi connectivity index (χ0) is 13.0. The maximum absolute atomic E-state index is 11.9. The number of rotatable bonds is 2. The zero-order valence-electron chi connectivity index (χ0n) is 9.87. The van der Waals surface area contributed by atoms with Crippen molar-refractivity contribution in [3.63, 3.8) is 0 Å². The first-order chi connectivity index (χ1) is 8.70. The topological polar surface area (TPSA) is 49.3 Å². The van der Waals surface area contributed by atoms with Gasteiger partial charge in [0.15, 0.2) is 0 Å². The Labute approximate surface area is 111 Å². The highest BCUT2D eigenvalue weighted by Gasteiger charge is 2.25. The number of hydrogen-bond acceptors (Lipinski definition) is 2. The van der Waals surface area contributed by atoms with Gasteiger partial charge in [0.05, 0.1) is 5.69 Å². The molecule has 1 amide bonds. The fourth-order valence-corrected chi connectivity index (χ4v) is 1.94. The predicted molar refractivity (Wildman–Crippen MR) is 71.4 cm³/mol. The third-order valence-corrected chi connectivity index (χ3v) is 3.25. The van der Waals surface area contributed by atoms with Crippen LogP contribution in [0.15, 0.2) is 18.2 Å². The molecule has 0 atom stereocenters. The highest BCUT2D eigenvalue weighted by atomic mass is 35.5. The Morgan fingerprint density at radius 2 is 2.28 bits per heavy atom. The fraction of sp³-hybridized carbons (Fsp3) is 0.357. The van der Waals surface area contributed by atoms with Gasteiger partial charge in [0.2, 0.25) is 5.91 Å². The van der Waals surface area contributed by atoms with E-state index in [1.165, 1.54) is 0 Å². The van der Waals surface area contributed by atoms with E-state index < -0.39 is 0 Å². The van der Waals surface area contributed by atoms with E-state index in [0.29, 0.717) is 16.3 Å². The minimum Gasteiger partial charge on any atom is -0.384 e. The molecule has 0 heterocycles. The summed E-state index contributed by atoms with van der Waals surface area (Å²) in [6.45, 7) is -0.220. The third kappa shape index (κ3) is 3.04. The first-order valence-electron chi connectivity index (χ1n) is 5.91. The molecule has 4 heteroatoms. The van der Waals surface area contributed by atoms with Crippen LogP contribution < -0.4 is 5.32 Å². The largest absolute Gasteiger partial charge is 0.384 e. The summed E-state index contributed by atoms with van der Waals surface area (Å²) in [5.74, 6) is 5.51. The van der Waals surface area contributed by atoms with Crippen LogP contribution in [0.4, 0.5) is 5.69 Å². The van der Waals surface area contributed by atoms with Gasteiger partial charge in [-0.3, -0.25) is 4.79 Å². The molecule has 94 valence electrons. The van der Waals surface area contributed by atoms with Crippen LogP contribution >= 0.6 is 11.6 Å². The Morgan fingerprint density at radius 3 is 2.89 bits per heavy atom. The van der Waals surface area contributed by atoms with Crippen molar-refractivity contribution in [3.05, 3.63) is 28.8 Å². The van der Waals surface area contributed by atoms with Gasteiger partial charge in [-0.25, -0.2) is 0 Å². The van der Waals surface area contributed by atoms with Crippen molar-refractivity contribution in [2.45, 2.75) is 19.3 Å². The lowest BCUT2D eigenvalue weighted by Crippen LogP contribution is -2.28. The van der Waals surface area contributed by atoms with Crippen LogP contribution in [0.1, 0.15) is 24.8 Å². The van der Waals surface area contributed by atoms with Gasteiger partial charge in [0.25, 0.3) is 0 Å². The maximum atomic E-state index is 11.9. The number of carbonyl (C=O) groups is 1. The van der Waals surface area contributed by atoms with Crippen molar-refractivity contribution >= 4 is 23.2 Å². The SMILES string of the molecule is O=C(Nc1ccc(Cl)cc1C#CCO)C1CCC1. The third-order valence-electron chi connectivity index (χ3n) is 3.02. The molecular formula is C14H14ClNO2. The molecule has 3 nitrogen and oxygen atoms in total. The molecule has 0 saturated heterocycles. The van der Waals surface area contributed by atoms with E-state index in [2.05, 4.69) is 17.2 Å². The average molecular weight is 264 g/mol. The van der Waals surface area contributed by atoms with Crippen LogP contribution in [-0.2, 0) is 4.79 Å². The lowest BCUT2D eigenvalue weighted by molar-refractivity contribution is -0.122. The van der Waals surface area contributed by atoms with Crippen molar-refractivity contribution in [2.24, 2.45) is 5.92 Å². The van der Waals surface area contributed by atoms with E-state index in [9.17, 15) is 4.79 Å². The second kappa shape index (κ2) is 5.90. The molecule has 2 N–H and O–H groups in total. The van der Waals surface area contributed by atoms with Crippen LogP contribution in [0.25, 0.3) is 0 Å². The number of hydrogen-bond donors (Lipinski definition) is 2. The molecule has 0 aromatic heterocycles. The van der Waals surface area contributed by atoms with E-state index in [1.54, 1.807) is 18.2 Å². The molecule has 1 aromatic rings. The molecule has 1 aromatic carbocycles. The Kier molecular flexibility index (Phi) is 4.24. The monoisotopic (exact) mass is 263 g/mol. The van der Waals surface area contributed by atoms with Gasteiger partial charge in [-0.1, -0.05) is 29.9 Å². The van der Waals surface area contributed by atoms with E-state index in [-0.39, 0.29) is 18.4 Å². The second-order valence-electron chi connectivity index (χ2n) is 4.27. The van der Waals surface area contributed by atoms with Crippen LogP contribution in [0, 0.1) is 17.8 Å². The lowest BCUT2D eigenvalue weighted by atomic mass is 9.85. The van der Waals surface area contributed by atoms with Crippen LogP contribution in [0.3, 0.4) is 0 Å². The van der Waals surface area contributed by atoms with Gasteiger partial charge in [0, 0.05) is 16.5 Å². The average Bonchev–Trinajstić information content (AvgIpc) is 2.27. The number of carbonyl (C=O) groups excluding carboxylic acids is 1. The molecule has 0 aliphatic heterocycles. The van der Waals surface area contributed by atoms with Crippen molar-refractivity contribution in [1.29, 1.82) is 0 Å². The number of benzene rings is 1. The second-order valence-corrected chi connectivity index (χ2v) is 4.70. The summed E-state index contributed by atoms with van der Waals surface area (Å²) in [7, 11) is 0. The number of nitrogens with one attached hydrogen (secondary N) is 1. The Balaban J connectivity index is 2.17. The molecule has 1 aliphatic carbocycles. The lowest BCUT2D eigenvalue weighted by Gasteiger charge is -2.24. The highest BCUT2D eigenvalue weighted by molar-refractivity contribution is 6.30. The number of amides is 1. The van der Waals surface area contributed by atoms with Crippen LogP contribution in [0.2, 0.25) is 5.02 Å². The van der Waals surface area contributed by atoms with Crippen molar-refractivity contribution in [3.8, 4) is 11.8 Å².